The average Bonchev–Trinajstić information content (AvgIpc) is 2.68. The van der Waals surface area contributed by atoms with E-state index in [9.17, 15) is 4.79 Å². The summed E-state index contributed by atoms with van der Waals surface area (Å²) in [6.45, 7) is 1.52. The highest BCUT2D eigenvalue weighted by Crippen LogP contribution is 2.15. The van der Waals surface area contributed by atoms with E-state index in [1.54, 1.807) is 42.7 Å². The van der Waals surface area contributed by atoms with Gasteiger partial charge in [0.15, 0.2) is 6.61 Å². The van der Waals surface area contributed by atoms with Crippen molar-refractivity contribution in [1.29, 1.82) is 5.26 Å². The Morgan fingerprint density at radius 3 is 2.80 bits per heavy atom. The number of piperidine rings is 1. The second-order valence-electron chi connectivity index (χ2n) is 5.83. The molecule has 2 heterocycles. The molecule has 7 heteroatoms. The summed E-state index contributed by atoms with van der Waals surface area (Å²) in [6, 6.07) is 10.6. The second-order valence-corrected chi connectivity index (χ2v) is 5.83. The quantitative estimate of drug-likeness (QED) is 0.889. The van der Waals surface area contributed by atoms with Crippen molar-refractivity contribution in [3.8, 4) is 11.8 Å². The Morgan fingerprint density at radius 2 is 2.08 bits per heavy atom. The first-order valence-electron chi connectivity index (χ1n) is 8.19. The molecule has 128 valence electrons. The van der Waals surface area contributed by atoms with E-state index in [4.69, 9.17) is 10.00 Å². The fourth-order valence-corrected chi connectivity index (χ4v) is 2.78. The monoisotopic (exact) mass is 337 g/mol. The SMILES string of the molecule is N#Cc1ccc(OCC(=O)N[C@H]2CCCN(c3ncccn3)C2)cc1. The zero-order valence-corrected chi connectivity index (χ0v) is 13.8. The van der Waals surface area contributed by atoms with Crippen LogP contribution < -0.4 is 15.0 Å². The van der Waals surface area contributed by atoms with Crippen LogP contribution in [0.1, 0.15) is 18.4 Å². The van der Waals surface area contributed by atoms with Crippen LogP contribution in [0.2, 0.25) is 0 Å². The van der Waals surface area contributed by atoms with Gasteiger partial charge in [0, 0.05) is 31.5 Å². The second kappa shape index (κ2) is 8.11. The summed E-state index contributed by atoms with van der Waals surface area (Å²) >= 11 is 0. The van der Waals surface area contributed by atoms with Crippen molar-refractivity contribution in [3.63, 3.8) is 0 Å². The molecule has 3 rings (SSSR count). The zero-order valence-electron chi connectivity index (χ0n) is 13.8. The first-order chi connectivity index (χ1) is 12.2. The number of hydrogen-bond acceptors (Lipinski definition) is 6. The van der Waals surface area contributed by atoms with Gasteiger partial charge in [-0.15, -0.1) is 0 Å². The Hall–Kier alpha value is -3.14. The fraction of sp³-hybridized carbons (Fsp3) is 0.333. The number of nitriles is 1. The molecule has 1 amide bonds. The van der Waals surface area contributed by atoms with Crippen LogP contribution in [0.15, 0.2) is 42.7 Å². The van der Waals surface area contributed by atoms with Crippen molar-refractivity contribution < 1.29 is 9.53 Å². The van der Waals surface area contributed by atoms with E-state index in [0.29, 0.717) is 23.8 Å². The van der Waals surface area contributed by atoms with Crippen molar-refractivity contribution in [3.05, 3.63) is 48.3 Å². The lowest BCUT2D eigenvalue weighted by atomic mass is 10.1. The van der Waals surface area contributed by atoms with Crippen LogP contribution >= 0.6 is 0 Å². The van der Waals surface area contributed by atoms with Crippen LogP contribution in [-0.2, 0) is 4.79 Å². The van der Waals surface area contributed by atoms with Crippen molar-refractivity contribution in [2.24, 2.45) is 0 Å². The number of anilines is 1. The normalized spacial score (nSPS) is 16.8. The topological polar surface area (TPSA) is 91.1 Å². The third-order valence-electron chi connectivity index (χ3n) is 3.97. The van der Waals surface area contributed by atoms with Gasteiger partial charge in [0.1, 0.15) is 5.75 Å². The average molecular weight is 337 g/mol. The molecule has 1 aliphatic rings. The number of amides is 1. The van der Waals surface area contributed by atoms with Gasteiger partial charge in [0.05, 0.1) is 11.6 Å². The largest absolute Gasteiger partial charge is 0.484 e. The predicted octanol–water partition coefficient (Wildman–Crippen LogP) is 1.51. The van der Waals surface area contributed by atoms with E-state index in [1.165, 1.54) is 0 Å². The van der Waals surface area contributed by atoms with Gasteiger partial charge < -0.3 is 15.0 Å². The summed E-state index contributed by atoms with van der Waals surface area (Å²) in [4.78, 5) is 22.7. The third-order valence-corrected chi connectivity index (χ3v) is 3.97. The number of carbonyl (C=O) groups excluding carboxylic acids is 1. The van der Waals surface area contributed by atoms with Crippen molar-refractivity contribution in [2.45, 2.75) is 18.9 Å². The van der Waals surface area contributed by atoms with Gasteiger partial charge in [-0.1, -0.05) is 0 Å². The number of nitrogens with one attached hydrogen (secondary N) is 1. The molecule has 0 aliphatic carbocycles. The molecule has 1 aromatic carbocycles. The van der Waals surface area contributed by atoms with E-state index < -0.39 is 0 Å². The molecule has 1 atom stereocenters. The molecule has 0 bridgehead atoms. The van der Waals surface area contributed by atoms with Gasteiger partial charge in [0.2, 0.25) is 5.95 Å². The summed E-state index contributed by atoms with van der Waals surface area (Å²) in [5, 5.41) is 11.8. The lowest BCUT2D eigenvalue weighted by molar-refractivity contribution is -0.123. The lowest BCUT2D eigenvalue weighted by Crippen LogP contribution is -2.49. The van der Waals surface area contributed by atoms with E-state index in [1.807, 2.05) is 6.07 Å². The molecule has 0 saturated carbocycles. The van der Waals surface area contributed by atoms with E-state index >= 15 is 0 Å². The maximum Gasteiger partial charge on any atom is 0.258 e. The highest BCUT2D eigenvalue weighted by atomic mass is 16.5. The van der Waals surface area contributed by atoms with Gasteiger partial charge in [-0.3, -0.25) is 4.79 Å². The molecule has 1 aromatic heterocycles. The summed E-state index contributed by atoms with van der Waals surface area (Å²) in [5.41, 5.74) is 0.558. The number of ether oxygens (including phenoxy) is 1. The van der Waals surface area contributed by atoms with Crippen molar-refractivity contribution in [2.75, 3.05) is 24.6 Å². The molecule has 1 saturated heterocycles. The Labute approximate surface area is 146 Å². The Balaban J connectivity index is 1.48. The number of hydrogen-bond donors (Lipinski definition) is 1. The molecule has 2 aromatic rings. The lowest BCUT2D eigenvalue weighted by Gasteiger charge is -2.33. The molecule has 0 spiro atoms. The van der Waals surface area contributed by atoms with E-state index in [-0.39, 0.29) is 18.6 Å². The molecule has 7 nitrogen and oxygen atoms in total. The maximum absolute atomic E-state index is 12.1. The summed E-state index contributed by atoms with van der Waals surface area (Å²) in [7, 11) is 0. The minimum absolute atomic E-state index is 0.0506. The minimum Gasteiger partial charge on any atom is -0.484 e. The fourth-order valence-electron chi connectivity index (χ4n) is 2.78. The van der Waals surface area contributed by atoms with Gasteiger partial charge in [0.25, 0.3) is 5.91 Å². The Kier molecular flexibility index (Phi) is 5.42. The van der Waals surface area contributed by atoms with Crippen LogP contribution in [0.25, 0.3) is 0 Å². The van der Waals surface area contributed by atoms with Gasteiger partial charge in [-0.25, -0.2) is 9.97 Å². The third kappa shape index (κ3) is 4.67. The van der Waals surface area contributed by atoms with Crippen LogP contribution in [0.4, 0.5) is 5.95 Å². The molecule has 1 N–H and O–H groups in total. The molecular formula is C18H19N5O2. The predicted molar refractivity (Wildman–Crippen MR) is 92.1 cm³/mol. The summed E-state index contributed by atoms with van der Waals surface area (Å²) < 4.78 is 5.46. The standard InChI is InChI=1S/C18H19N5O2/c19-11-14-4-6-16(7-5-14)25-13-17(24)22-15-3-1-10-23(12-15)18-20-8-2-9-21-18/h2,4-9,15H,1,3,10,12-13H2,(H,22,24)/t15-/m0/s1. The molecule has 0 radical (unpaired) electrons. The molecule has 25 heavy (non-hydrogen) atoms. The maximum atomic E-state index is 12.1. The van der Waals surface area contributed by atoms with Gasteiger partial charge in [-0.2, -0.15) is 5.26 Å². The number of aromatic nitrogens is 2. The molecule has 0 unspecified atom stereocenters. The van der Waals surface area contributed by atoms with Crippen LogP contribution in [0.5, 0.6) is 5.75 Å². The van der Waals surface area contributed by atoms with Crippen molar-refractivity contribution in [1.82, 2.24) is 15.3 Å². The number of carbonyl (C=O) groups is 1. The smallest absolute Gasteiger partial charge is 0.258 e. The van der Waals surface area contributed by atoms with Crippen LogP contribution in [0.3, 0.4) is 0 Å². The van der Waals surface area contributed by atoms with Gasteiger partial charge in [-0.05, 0) is 43.2 Å². The van der Waals surface area contributed by atoms with Gasteiger partial charge >= 0.3 is 0 Å². The zero-order chi connectivity index (χ0) is 17.5. The first-order valence-corrected chi connectivity index (χ1v) is 8.19. The molecule has 1 aliphatic heterocycles. The Morgan fingerprint density at radius 1 is 1.32 bits per heavy atom. The number of rotatable bonds is 5. The molecule has 1 fully saturated rings. The minimum atomic E-state index is -0.162. The number of nitrogens with zero attached hydrogens (tertiary/aromatic N) is 4. The number of benzene rings is 1. The first kappa shape index (κ1) is 16.7. The van der Waals surface area contributed by atoms with E-state index in [2.05, 4.69) is 20.2 Å². The summed E-state index contributed by atoms with van der Waals surface area (Å²) in [5.74, 6) is 1.09. The van der Waals surface area contributed by atoms with Crippen molar-refractivity contribution >= 4 is 11.9 Å². The molecular weight excluding hydrogens is 318 g/mol. The summed E-state index contributed by atoms with van der Waals surface area (Å²) in [6.07, 6.45) is 5.33. The highest BCUT2D eigenvalue weighted by Gasteiger charge is 2.23. The van der Waals surface area contributed by atoms with Crippen LogP contribution in [0, 0.1) is 11.3 Å². The highest BCUT2D eigenvalue weighted by molar-refractivity contribution is 5.78. The van der Waals surface area contributed by atoms with E-state index in [0.717, 1.165) is 19.4 Å². The Bertz CT molecular complexity index is 742. The van der Waals surface area contributed by atoms with Crippen LogP contribution in [-0.4, -0.2) is 41.6 Å².